The summed E-state index contributed by atoms with van der Waals surface area (Å²) in [5, 5.41) is 6.24. The number of guanidine groups is 1. The smallest absolute Gasteiger partial charge is 0.234 e. The number of amides is 1. The van der Waals surface area contributed by atoms with E-state index >= 15 is 0 Å². The SMILES string of the molecule is CCNC(=NCC1(c2ccccc2F)CC1)N1CCN(CC(=O)NCCOC)CC1. The highest BCUT2D eigenvalue weighted by molar-refractivity contribution is 5.80. The van der Waals surface area contributed by atoms with Crippen molar-refractivity contribution in [2.75, 3.05) is 66.1 Å². The third kappa shape index (κ3) is 5.92. The zero-order valence-electron chi connectivity index (χ0n) is 18.1. The van der Waals surface area contributed by atoms with Gasteiger partial charge in [-0.3, -0.25) is 14.7 Å². The van der Waals surface area contributed by atoms with Crippen molar-refractivity contribution in [2.45, 2.75) is 25.2 Å². The van der Waals surface area contributed by atoms with E-state index in [0.717, 1.165) is 57.1 Å². The summed E-state index contributed by atoms with van der Waals surface area (Å²) in [6.45, 7) is 8.13. The predicted molar refractivity (Wildman–Crippen MR) is 116 cm³/mol. The second-order valence-electron chi connectivity index (χ2n) is 8.04. The highest BCUT2D eigenvalue weighted by atomic mass is 19.1. The molecule has 0 unspecified atom stereocenters. The molecule has 0 radical (unpaired) electrons. The van der Waals surface area contributed by atoms with Crippen LogP contribution >= 0.6 is 0 Å². The summed E-state index contributed by atoms with van der Waals surface area (Å²) < 4.78 is 19.2. The van der Waals surface area contributed by atoms with E-state index in [1.54, 1.807) is 13.2 Å². The monoisotopic (exact) mass is 419 g/mol. The average Bonchev–Trinajstić information content (AvgIpc) is 3.53. The molecule has 1 saturated carbocycles. The molecule has 2 aliphatic rings. The van der Waals surface area contributed by atoms with Gasteiger partial charge in [-0.15, -0.1) is 0 Å². The van der Waals surface area contributed by atoms with E-state index < -0.39 is 0 Å². The van der Waals surface area contributed by atoms with Crippen LogP contribution in [0.3, 0.4) is 0 Å². The van der Waals surface area contributed by atoms with Crippen LogP contribution in [0.15, 0.2) is 29.3 Å². The number of benzene rings is 1. The zero-order valence-corrected chi connectivity index (χ0v) is 18.1. The molecule has 7 nitrogen and oxygen atoms in total. The summed E-state index contributed by atoms with van der Waals surface area (Å²) in [5.41, 5.74) is 0.627. The molecule has 1 amide bonds. The fourth-order valence-corrected chi connectivity index (χ4v) is 3.88. The van der Waals surface area contributed by atoms with Crippen molar-refractivity contribution in [2.24, 2.45) is 4.99 Å². The fourth-order valence-electron chi connectivity index (χ4n) is 3.88. The van der Waals surface area contributed by atoms with Gasteiger partial charge in [0.05, 0.1) is 19.7 Å². The highest BCUT2D eigenvalue weighted by Gasteiger charge is 2.46. The van der Waals surface area contributed by atoms with Gasteiger partial charge in [0.2, 0.25) is 5.91 Å². The number of nitrogens with zero attached hydrogens (tertiary/aromatic N) is 3. The van der Waals surface area contributed by atoms with Crippen LogP contribution in [-0.2, 0) is 14.9 Å². The maximum Gasteiger partial charge on any atom is 0.234 e. The number of methoxy groups -OCH3 is 1. The molecule has 0 spiro atoms. The first-order valence-corrected chi connectivity index (χ1v) is 10.8. The van der Waals surface area contributed by atoms with E-state index in [1.165, 1.54) is 6.07 Å². The number of carbonyl (C=O) groups is 1. The van der Waals surface area contributed by atoms with Crippen LogP contribution in [-0.4, -0.2) is 87.7 Å². The number of halogens is 1. The normalized spacial score (nSPS) is 18.9. The molecule has 1 heterocycles. The summed E-state index contributed by atoms with van der Waals surface area (Å²) in [5.74, 6) is 0.776. The minimum atomic E-state index is -0.159. The van der Waals surface area contributed by atoms with Gasteiger partial charge in [0.1, 0.15) is 5.82 Å². The summed E-state index contributed by atoms with van der Waals surface area (Å²) in [7, 11) is 1.62. The van der Waals surface area contributed by atoms with E-state index in [1.807, 2.05) is 12.1 Å². The maximum atomic E-state index is 14.3. The largest absolute Gasteiger partial charge is 0.383 e. The number of piperazine rings is 1. The Morgan fingerprint density at radius 1 is 1.20 bits per heavy atom. The number of nitrogens with one attached hydrogen (secondary N) is 2. The van der Waals surface area contributed by atoms with Crippen molar-refractivity contribution in [3.8, 4) is 0 Å². The van der Waals surface area contributed by atoms with Crippen molar-refractivity contribution in [1.82, 2.24) is 20.4 Å². The van der Waals surface area contributed by atoms with E-state index in [4.69, 9.17) is 9.73 Å². The van der Waals surface area contributed by atoms with Crippen LogP contribution in [0.5, 0.6) is 0 Å². The van der Waals surface area contributed by atoms with Crippen molar-refractivity contribution < 1.29 is 13.9 Å². The van der Waals surface area contributed by atoms with E-state index in [2.05, 4.69) is 27.4 Å². The van der Waals surface area contributed by atoms with Crippen molar-refractivity contribution in [3.63, 3.8) is 0 Å². The van der Waals surface area contributed by atoms with Gasteiger partial charge in [-0.1, -0.05) is 18.2 Å². The molecule has 166 valence electrons. The number of ether oxygens (including phenoxy) is 1. The first-order valence-electron chi connectivity index (χ1n) is 10.8. The summed E-state index contributed by atoms with van der Waals surface area (Å²) >= 11 is 0. The van der Waals surface area contributed by atoms with Crippen LogP contribution in [0.4, 0.5) is 4.39 Å². The van der Waals surface area contributed by atoms with Gasteiger partial charge in [-0.25, -0.2) is 4.39 Å². The zero-order chi connectivity index (χ0) is 21.4. The Balaban J connectivity index is 1.53. The minimum Gasteiger partial charge on any atom is -0.383 e. The van der Waals surface area contributed by atoms with Crippen molar-refractivity contribution >= 4 is 11.9 Å². The van der Waals surface area contributed by atoms with Crippen LogP contribution in [0.25, 0.3) is 0 Å². The molecule has 8 heteroatoms. The molecular formula is C22H34FN5O2. The molecule has 1 aliphatic heterocycles. The van der Waals surface area contributed by atoms with E-state index in [-0.39, 0.29) is 17.1 Å². The Hall–Kier alpha value is -2.19. The lowest BCUT2D eigenvalue weighted by molar-refractivity contribution is -0.122. The fraction of sp³-hybridized carbons (Fsp3) is 0.636. The molecule has 2 fully saturated rings. The van der Waals surface area contributed by atoms with Gasteiger partial charge in [0, 0.05) is 51.8 Å². The van der Waals surface area contributed by atoms with Gasteiger partial charge in [-0.2, -0.15) is 0 Å². The first kappa shape index (κ1) is 22.5. The number of aliphatic imine (C=N–C) groups is 1. The summed E-state index contributed by atoms with van der Waals surface area (Å²) in [4.78, 5) is 21.3. The Morgan fingerprint density at radius 2 is 1.93 bits per heavy atom. The molecule has 3 rings (SSSR count). The van der Waals surface area contributed by atoms with E-state index in [0.29, 0.717) is 26.2 Å². The molecule has 1 aromatic rings. The lowest BCUT2D eigenvalue weighted by Crippen LogP contribution is -2.54. The van der Waals surface area contributed by atoms with E-state index in [9.17, 15) is 9.18 Å². The molecule has 2 N–H and O–H groups in total. The second-order valence-corrected chi connectivity index (χ2v) is 8.04. The van der Waals surface area contributed by atoms with Gasteiger partial charge in [0.15, 0.2) is 5.96 Å². The van der Waals surface area contributed by atoms with Crippen LogP contribution < -0.4 is 10.6 Å². The molecule has 0 atom stereocenters. The van der Waals surface area contributed by atoms with Crippen LogP contribution in [0.1, 0.15) is 25.3 Å². The Kier molecular flexibility index (Phi) is 8.04. The van der Waals surface area contributed by atoms with Gasteiger partial charge in [0.25, 0.3) is 0 Å². The molecule has 30 heavy (non-hydrogen) atoms. The lowest BCUT2D eigenvalue weighted by atomic mass is 9.95. The topological polar surface area (TPSA) is 69.2 Å². The third-order valence-electron chi connectivity index (χ3n) is 5.83. The Morgan fingerprint density at radius 3 is 2.57 bits per heavy atom. The highest BCUT2D eigenvalue weighted by Crippen LogP contribution is 2.49. The molecule has 1 aliphatic carbocycles. The minimum absolute atomic E-state index is 0.0293. The van der Waals surface area contributed by atoms with Crippen molar-refractivity contribution in [3.05, 3.63) is 35.6 Å². The van der Waals surface area contributed by atoms with Crippen molar-refractivity contribution in [1.29, 1.82) is 0 Å². The van der Waals surface area contributed by atoms with Crippen LogP contribution in [0.2, 0.25) is 0 Å². The average molecular weight is 420 g/mol. The quantitative estimate of drug-likeness (QED) is 0.358. The maximum absolute atomic E-state index is 14.3. The van der Waals surface area contributed by atoms with Gasteiger partial charge in [-0.05, 0) is 31.4 Å². The second kappa shape index (κ2) is 10.7. The Bertz CT molecular complexity index is 730. The molecule has 1 aromatic carbocycles. The van der Waals surface area contributed by atoms with Crippen LogP contribution in [0, 0.1) is 5.82 Å². The first-order chi connectivity index (χ1) is 14.6. The summed E-state index contributed by atoms with van der Waals surface area (Å²) in [6, 6.07) is 7.06. The standard InChI is InChI=1S/C22H34FN5O2/c1-3-24-21(26-17-22(8-9-22)18-6-4-5-7-19(18)23)28-13-11-27(12-14-28)16-20(29)25-10-15-30-2/h4-7H,3,8-17H2,1-2H3,(H,24,26)(H,25,29). The number of hydrogen-bond donors (Lipinski definition) is 2. The molecular weight excluding hydrogens is 385 g/mol. The Labute approximate surface area is 178 Å². The molecule has 1 saturated heterocycles. The summed E-state index contributed by atoms with van der Waals surface area (Å²) in [6.07, 6.45) is 1.95. The van der Waals surface area contributed by atoms with Gasteiger partial charge >= 0.3 is 0 Å². The number of hydrogen-bond acceptors (Lipinski definition) is 4. The molecule has 0 aromatic heterocycles. The number of carbonyl (C=O) groups excluding carboxylic acids is 1. The molecule has 0 bridgehead atoms. The van der Waals surface area contributed by atoms with Gasteiger partial charge < -0.3 is 20.3 Å². The lowest BCUT2D eigenvalue weighted by Gasteiger charge is -2.36. The third-order valence-corrected chi connectivity index (χ3v) is 5.83. The predicted octanol–water partition coefficient (Wildman–Crippen LogP) is 1.20. The number of rotatable bonds is 9.